The standard InChI is InChI=1S/C38H24N4O6P2/c43-49(35-15-7-3-11-31(35)29-9-1-5-13-33(29)47-49)45-27-21-17-25(18-22-27)37-39-41-38(42-40-37)26-19-23-28(24-20-26)46-50(44)36-16-8-4-12-32(36)30-10-2-6-14-34(30)48-50/h1-24H. The number of benzene rings is 6. The maximum Gasteiger partial charge on any atom is 0.463 e. The molecule has 0 radical (unpaired) electrons. The Labute approximate surface area is 286 Å². The number of nitrogens with zero attached hydrogens (tertiary/aromatic N) is 4. The molecule has 2 aliphatic rings. The van der Waals surface area contributed by atoms with Crippen LogP contribution in [0.1, 0.15) is 0 Å². The third-order valence-corrected chi connectivity index (χ3v) is 12.1. The van der Waals surface area contributed by atoms with Gasteiger partial charge in [0.2, 0.25) is 11.6 Å². The summed E-state index contributed by atoms with van der Waals surface area (Å²) in [6.45, 7) is 0. The second-order valence-electron chi connectivity index (χ2n) is 11.5. The number of fused-ring (bicyclic) bond motifs is 6. The van der Waals surface area contributed by atoms with Crippen molar-refractivity contribution in [2.75, 3.05) is 0 Å². The van der Waals surface area contributed by atoms with Crippen molar-refractivity contribution in [2.24, 2.45) is 0 Å². The minimum absolute atomic E-state index is 0.298. The van der Waals surface area contributed by atoms with Gasteiger partial charge in [0.05, 0.1) is 10.6 Å². The Balaban J connectivity index is 0.904. The molecule has 1 aromatic heterocycles. The summed E-state index contributed by atoms with van der Waals surface area (Å²) in [5.41, 5.74) is 4.63. The normalized spacial score (nSPS) is 18.2. The maximum atomic E-state index is 14.0. The highest BCUT2D eigenvalue weighted by Crippen LogP contribution is 2.56. The molecule has 0 spiro atoms. The first-order valence-corrected chi connectivity index (χ1v) is 18.7. The van der Waals surface area contributed by atoms with Crippen LogP contribution in [0.25, 0.3) is 45.0 Å². The molecule has 6 aromatic carbocycles. The van der Waals surface area contributed by atoms with E-state index in [9.17, 15) is 9.13 Å². The van der Waals surface area contributed by atoms with Crippen LogP contribution >= 0.6 is 15.2 Å². The molecule has 0 saturated carbocycles. The Morgan fingerprint density at radius 1 is 0.400 bits per heavy atom. The molecule has 0 amide bonds. The van der Waals surface area contributed by atoms with Gasteiger partial charge in [0.25, 0.3) is 0 Å². The summed E-state index contributed by atoms with van der Waals surface area (Å²) in [6, 6.07) is 43.3. The highest BCUT2D eigenvalue weighted by Gasteiger charge is 2.40. The smallest absolute Gasteiger partial charge is 0.413 e. The molecular formula is C38H24N4O6P2. The first kappa shape index (κ1) is 30.0. The minimum Gasteiger partial charge on any atom is -0.413 e. The van der Waals surface area contributed by atoms with Gasteiger partial charge in [-0.3, -0.25) is 0 Å². The molecule has 0 N–H and O–H groups in total. The van der Waals surface area contributed by atoms with Crippen LogP contribution in [0.5, 0.6) is 23.0 Å². The van der Waals surface area contributed by atoms with Crippen LogP contribution in [0.2, 0.25) is 0 Å². The van der Waals surface area contributed by atoms with Gasteiger partial charge in [-0.25, -0.2) is 9.13 Å². The first-order chi connectivity index (χ1) is 24.5. The second-order valence-corrected chi connectivity index (χ2v) is 15.2. The van der Waals surface area contributed by atoms with Crippen LogP contribution in [-0.2, 0) is 9.13 Å². The molecule has 0 aliphatic carbocycles. The summed E-state index contributed by atoms with van der Waals surface area (Å²) in [5.74, 6) is 2.33. The van der Waals surface area contributed by atoms with E-state index in [-0.39, 0.29) is 0 Å². The zero-order valence-electron chi connectivity index (χ0n) is 26.0. The monoisotopic (exact) mass is 694 g/mol. The molecule has 2 atom stereocenters. The molecule has 12 heteroatoms. The van der Waals surface area contributed by atoms with Crippen molar-refractivity contribution in [3.8, 4) is 68.0 Å². The van der Waals surface area contributed by atoms with Gasteiger partial charge in [-0.15, -0.1) is 20.4 Å². The molecule has 2 aliphatic heterocycles. The maximum absolute atomic E-state index is 14.0. The van der Waals surface area contributed by atoms with E-state index in [1.165, 1.54) is 0 Å². The van der Waals surface area contributed by atoms with Gasteiger partial charge in [-0.2, -0.15) is 0 Å². The SMILES string of the molecule is O=P1(Oc2ccc(-c3nnc(-c4ccc(OP5(=O)Oc6ccccc6-c6ccccc65)cc4)nn3)cc2)Oc2ccccc2-c2ccccc21. The fraction of sp³-hybridized carbons (Fsp3) is 0. The van der Waals surface area contributed by atoms with Crippen molar-refractivity contribution in [3.63, 3.8) is 0 Å². The number of hydrogen-bond donors (Lipinski definition) is 0. The largest absolute Gasteiger partial charge is 0.463 e. The van der Waals surface area contributed by atoms with Gasteiger partial charge in [0.1, 0.15) is 23.0 Å². The topological polar surface area (TPSA) is 123 Å². The van der Waals surface area contributed by atoms with Gasteiger partial charge in [0, 0.05) is 33.4 Å². The minimum atomic E-state index is -3.72. The van der Waals surface area contributed by atoms with Crippen molar-refractivity contribution in [1.82, 2.24) is 20.4 Å². The highest BCUT2D eigenvalue weighted by atomic mass is 31.2. The van der Waals surface area contributed by atoms with E-state index in [1.807, 2.05) is 72.8 Å². The molecular weight excluding hydrogens is 670 g/mol. The molecule has 0 fully saturated rings. The summed E-state index contributed by atoms with van der Waals surface area (Å²) in [5, 5.41) is 18.1. The molecule has 7 aromatic rings. The summed E-state index contributed by atoms with van der Waals surface area (Å²) in [7, 11) is -7.44. The van der Waals surface area contributed by atoms with E-state index in [0.29, 0.717) is 56.4 Å². The lowest BCUT2D eigenvalue weighted by Gasteiger charge is -2.27. The second kappa shape index (κ2) is 11.8. The summed E-state index contributed by atoms with van der Waals surface area (Å²) >= 11 is 0. The van der Waals surface area contributed by atoms with Crippen LogP contribution < -0.4 is 28.7 Å². The molecule has 10 nitrogen and oxygen atoms in total. The van der Waals surface area contributed by atoms with Gasteiger partial charge < -0.3 is 18.1 Å². The third kappa shape index (κ3) is 5.22. The molecule has 242 valence electrons. The van der Waals surface area contributed by atoms with E-state index >= 15 is 0 Å². The molecule has 3 heterocycles. The lowest BCUT2D eigenvalue weighted by molar-refractivity contribution is 0.396. The van der Waals surface area contributed by atoms with Crippen molar-refractivity contribution >= 4 is 25.8 Å². The van der Waals surface area contributed by atoms with Crippen LogP contribution in [0, 0.1) is 0 Å². The van der Waals surface area contributed by atoms with E-state index in [0.717, 1.165) is 22.3 Å². The molecule has 0 saturated heterocycles. The lowest BCUT2D eigenvalue weighted by Crippen LogP contribution is -2.21. The zero-order valence-corrected chi connectivity index (χ0v) is 27.8. The quantitative estimate of drug-likeness (QED) is 0.157. The Hall–Kier alpha value is -6.08. The van der Waals surface area contributed by atoms with Crippen LogP contribution in [0.4, 0.5) is 0 Å². The Bertz CT molecular complexity index is 2340. The van der Waals surface area contributed by atoms with Crippen LogP contribution in [0.3, 0.4) is 0 Å². The average molecular weight is 695 g/mol. The molecule has 0 bridgehead atoms. The molecule has 2 unspecified atom stereocenters. The van der Waals surface area contributed by atoms with Gasteiger partial charge in [-0.05, 0) is 72.8 Å². The van der Waals surface area contributed by atoms with Crippen LogP contribution in [-0.4, -0.2) is 20.4 Å². The van der Waals surface area contributed by atoms with Gasteiger partial charge in [0.15, 0.2) is 0 Å². The average Bonchev–Trinajstić information content (AvgIpc) is 3.16. The summed E-state index contributed by atoms with van der Waals surface area (Å²) in [4.78, 5) is 0. The number of hydrogen-bond acceptors (Lipinski definition) is 10. The number of para-hydroxylation sites is 2. The van der Waals surface area contributed by atoms with Gasteiger partial charge >= 0.3 is 15.2 Å². The van der Waals surface area contributed by atoms with Gasteiger partial charge in [-0.1, -0.05) is 72.8 Å². The summed E-state index contributed by atoms with van der Waals surface area (Å²) in [6.07, 6.45) is 0. The fourth-order valence-corrected chi connectivity index (χ4v) is 9.60. The first-order valence-electron chi connectivity index (χ1n) is 15.6. The van der Waals surface area contributed by atoms with Crippen molar-refractivity contribution in [1.29, 1.82) is 0 Å². The van der Waals surface area contributed by atoms with E-state index in [4.69, 9.17) is 18.1 Å². The number of aromatic nitrogens is 4. The van der Waals surface area contributed by atoms with Crippen LogP contribution in [0.15, 0.2) is 146 Å². The fourth-order valence-electron chi connectivity index (χ4n) is 5.98. The Kier molecular flexibility index (Phi) is 7.09. The van der Waals surface area contributed by atoms with E-state index in [2.05, 4.69) is 20.4 Å². The predicted octanol–water partition coefficient (Wildman–Crippen LogP) is 8.51. The van der Waals surface area contributed by atoms with Crippen molar-refractivity contribution in [2.45, 2.75) is 0 Å². The van der Waals surface area contributed by atoms with E-state index in [1.54, 1.807) is 72.8 Å². The highest BCUT2D eigenvalue weighted by molar-refractivity contribution is 7.63. The van der Waals surface area contributed by atoms with Crippen molar-refractivity contribution in [3.05, 3.63) is 146 Å². The zero-order chi connectivity index (χ0) is 33.7. The molecule has 50 heavy (non-hydrogen) atoms. The predicted molar refractivity (Wildman–Crippen MR) is 189 cm³/mol. The number of rotatable bonds is 6. The molecule has 9 rings (SSSR count). The third-order valence-electron chi connectivity index (χ3n) is 8.34. The Morgan fingerprint density at radius 3 is 1.14 bits per heavy atom. The summed E-state index contributed by atoms with van der Waals surface area (Å²) < 4.78 is 52.0. The lowest BCUT2D eigenvalue weighted by atomic mass is 10.0. The Morgan fingerprint density at radius 2 is 0.740 bits per heavy atom. The van der Waals surface area contributed by atoms with E-state index < -0.39 is 15.2 Å². The van der Waals surface area contributed by atoms with Crippen molar-refractivity contribution < 1.29 is 27.2 Å².